The molecule has 8 aliphatic rings. The van der Waals surface area contributed by atoms with Gasteiger partial charge in [-0.2, -0.15) is 0 Å². The van der Waals surface area contributed by atoms with Crippen molar-refractivity contribution in [1.82, 2.24) is 4.90 Å². The van der Waals surface area contributed by atoms with Gasteiger partial charge in [0.25, 0.3) is 5.79 Å². The molecule has 17 atom stereocenters. The van der Waals surface area contributed by atoms with E-state index in [4.69, 9.17) is 42.6 Å². The molecule has 0 aromatic rings. The van der Waals surface area contributed by atoms with Crippen molar-refractivity contribution in [2.45, 2.75) is 174 Å². The van der Waals surface area contributed by atoms with Crippen molar-refractivity contribution in [3.05, 3.63) is 11.6 Å². The first-order chi connectivity index (χ1) is 29.3. The Kier molecular flexibility index (Phi) is 11.9. The van der Waals surface area contributed by atoms with E-state index in [0.717, 1.165) is 84.1 Å². The fourth-order valence-electron chi connectivity index (χ4n) is 13.8. The SMILES string of the molecule is COC(=O)[C@@]1(O[C@H]2CC[C@@]3(C)C(=CC[C@H]4[C@@H]5C[C@@H]6O[C@]7(CC[C@@H](C)CO7)[C@@H](C)[C@@H]6[C@@]5(C)CC[C@@H]43)C2)C[C@@H]2OC(=O)N(C(C)=O)[C@H]2[C@H]([C@H](OC(C)=O)[C@@H](COC(C)=O)OC(C)=O)O1. The zero-order chi connectivity index (χ0) is 44.7. The van der Waals surface area contributed by atoms with Gasteiger partial charge in [0.05, 0.1) is 32.3 Å². The number of nitrogens with zero attached hydrogens (tertiary/aromatic N) is 1. The zero-order valence-electron chi connectivity index (χ0n) is 37.6. The van der Waals surface area contributed by atoms with Crippen LogP contribution in [0.3, 0.4) is 0 Å². The summed E-state index contributed by atoms with van der Waals surface area (Å²) in [6.45, 7) is 14.2. The molecule has 4 saturated heterocycles. The second-order valence-corrected chi connectivity index (χ2v) is 20.1. The number of methoxy groups -OCH3 is 1. The van der Waals surface area contributed by atoms with Gasteiger partial charge in [0.1, 0.15) is 24.9 Å². The lowest BCUT2D eigenvalue weighted by Gasteiger charge is -2.59. The van der Waals surface area contributed by atoms with Crippen molar-refractivity contribution >= 4 is 35.9 Å². The number of hydrogen-bond acceptors (Lipinski definition) is 15. The Morgan fingerprint density at radius 1 is 0.903 bits per heavy atom. The van der Waals surface area contributed by atoms with Gasteiger partial charge in [-0.15, -0.1) is 0 Å². The summed E-state index contributed by atoms with van der Waals surface area (Å²) in [5.74, 6) is -3.79. The second-order valence-electron chi connectivity index (χ2n) is 20.1. The lowest BCUT2D eigenvalue weighted by atomic mass is 9.47. The lowest BCUT2D eigenvalue weighted by molar-refractivity contribution is -0.324. The van der Waals surface area contributed by atoms with Crippen molar-refractivity contribution in [2.24, 2.45) is 46.3 Å². The van der Waals surface area contributed by atoms with E-state index in [0.29, 0.717) is 48.3 Å². The van der Waals surface area contributed by atoms with Gasteiger partial charge < -0.3 is 42.6 Å². The number of imide groups is 1. The van der Waals surface area contributed by atoms with E-state index in [1.54, 1.807) is 0 Å². The van der Waals surface area contributed by atoms with Gasteiger partial charge in [0.2, 0.25) is 5.91 Å². The van der Waals surface area contributed by atoms with Crippen molar-refractivity contribution in [3.63, 3.8) is 0 Å². The van der Waals surface area contributed by atoms with Crippen LogP contribution in [-0.2, 0) is 66.6 Å². The van der Waals surface area contributed by atoms with Gasteiger partial charge in [-0.25, -0.2) is 14.5 Å². The summed E-state index contributed by atoms with van der Waals surface area (Å²) in [6.07, 6.45) is 3.08. The maximum atomic E-state index is 14.1. The van der Waals surface area contributed by atoms with Crippen molar-refractivity contribution in [1.29, 1.82) is 0 Å². The van der Waals surface area contributed by atoms with Crippen LogP contribution in [0, 0.1) is 46.3 Å². The van der Waals surface area contributed by atoms with E-state index in [1.807, 2.05) is 0 Å². The number of allylic oxidation sites excluding steroid dienone is 1. The third-order valence-electron chi connectivity index (χ3n) is 16.5. The highest BCUT2D eigenvalue weighted by Gasteiger charge is 2.69. The van der Waals surface area contributed by atoms with Gasteiger partial charge >= 0.3 is 30.0 Å². The number of rotatable bonds is 9. The Hall–Kier alpha value is -3.60. The highest BCUT2D eigenvalue weighted by atomic mass is 16.8. The third kappa shape index (κ3) is 7.45. The summed E-state index contributed by atoms with van der Waals surface area (Å²) >= 11 is 0. The zero-order valence-corrected chi connectivity index (χ0v) is 37.6. The molecule has 4 aliphatic carbocycles. The molecule has 0 aromatic heterocycles. The Bertz CT molecular complexity index is 1860. The molecule has 0 bridgehead atoms. The Morgan fingerprint density at radius 2 is 1.65 bits per heavy atom. The summed E-state index contributed by atoms with van der Waals surface area (Å²) in [5.41, 5.74) is 1.36. The molecule has 62 heavy (non-hydrogen) atoms. The normalized spacial score (nSPS) is 44.0. The van der Waals surface area contributed by atoms with Crippen LogP contribution < -0.4 is 0 Å². The van der Waals surface area contributed by atoms with E-state index >= 15 is 0 Å². The van der Waals surface area contributed by atoms with Crippen LogP contribution in [0.2, 0.25) is 0 Å². The number of carbonyl (C=O) groups is 6. The van der Waals surface area contributed by atoms with Gasteiger partial charge in [0.15, 0.2) is 18.0 Å². The van der Waals surface area contributed by atoms with Crippen LogP contribution in [0.1, 0.15) is 120 Å². The predicted octanol–water partition coefficient (Wildman–Crippen LogP) is 5.56. The van der Waals surface area contributed by atoms with Crippen LogP contribution in [0.5, 0.6) is 0 Å². The topological polar surface area (TPSA) is 189 Å². The van der Waals surface area contributed by atoms with Crippen LogP contribution >= 0.6 is 0 Å². The van der Waals surface area contributed by atoms with Gasteiger partial charge in [-0.3, -0.25) is 19.2 Å². The molecule has 4 heterocycles. The van der Waals surface area contributed by atoms with E-state index in [2.05, 4.69) is 33.8 Å². The number of fused-ring (bicyclic) bond motifs is 8. The fourth-order valence-corrected chi connectivity index (χ4v) is 13.8. The minimum Gasteiger partial charge on any atom is -0.465 e. The van der Waals surface area contributed by atoms with Gasteiger partial charge in [0, 0.05) is 40.0 Å². The molecule has 0 N–H and O–H groups in total. The number of esters is 4. The third-order valence-corrected chi connectivity index (χ3v) is 16.5. The van der Waals surface area contributed by atoms with Crippen LogP contribution in [-0.4, -0.2) is 115 Å². The lowest BCUT2D eigenvalue weighted by Crippen LogP contribution is -2.67. The molecule has 344 valence electrons. The maximum Gasteiger partial charge on any atom is 0.417 e. The molecule has 0 radical (unpaired) electrons. The standard InChI is InChI=1S/C46H65NO15/c1-23-12-17-45(56-21-23)24(2)37-34(61-45)19-33-31-11-10-29-18-30(13-15-43(29,7)32(31)14-16-44(33,37)8)60-46(41(52)54-9)20-35-38(47(25(3)48)42(53)59-35)40(62-46)39(58-28(6)51)36(57-27(5)50)22-55-26(4)49/h10,23-24,30-40H,11-22H2,1-9H3/t23-,24+,30+,31-,32+,33+,34+,35+,36-,37+,38-,39-,40-,43+,44+,45-,46-/m1/s1. The number of hydrogen-bond donors (Lipinski definition) is 0. The number of carbonyl (C=O) groups excluding carboxylic acids is 6. The average Bonchev–Trinajstić information content (AvgIpc) is 3.80. The van der Waals surface area contributed by atoms with Gasteiger partial charge in [-0.1, -0.05) is 39.3 Å². The van der Waals surface area contributed by atoms with Crippen LogP contribution in [0.4, 0.5) is 4.79 Å². The predicted molar refractivity (Wildman–Crippen MR) is 215 cm³/mol. The van der Waals surface area contributed by atoms with E-state index < -0.39 is 90.6 Å². The Morgan fingerprint density at radius 3 is 2.29 bits per heavy atom. The minimum absolute atomic E-state index is 0.0883. The van der Waals surface area contributed by atoms with E-state index in [9.17, 15) is 28.8 Å². The maximum absolute atomic E-state index is 14.1. The summed E-state index contributed by atoms with van der Waals surface area (Å²) in [4.78, 5) is 78.3. The molecular weight excluding hydrogens is 806 g/mol. The largest absolute Gasteiger partial charge is 0.465 e. The molecule has 0 unspecified atom stereocenters. The van der Waals surface area contributed by atoms with Crippen LogP contribution in [0.15, 0.2) is 11.6 Å². The highest BCUT2D eigenvalue weighted by Crippen LogP contribution is 2.71. The number of amides is 2. The fraction of sp³-hybridized carbons (Fsp3) is 0.826. The van der Waals surface area contributed by atoms with Crippen molar-refractivity contribution in [2.75, 3.05) is 20.3 Å². The summed E-state index contributed by atoms with van der Waals surface area (Å²) < 4.78 is 54.5. The second kappa shape index (κ2) is 16.4. The molecule has 2 amide bonds. The summed E-state index contributed by atoms with van der Waals surface area (Å²) in [7, 11) is 1.18. The van der Waals surface area contributed by atoms with Crippen molar-refractivity contribution < 1.29 is 71.4 Å². The Balaban J connectivity index is 1.06. The monoisotopic (exact) mass is 871 g/mol. The molecule has 0 aromatic carbocycles. The average molecular weight is 872 g/mol. The quantitative estimate of drug-likeness (QED) is 0.159. The van der Waals surface area contributed by atoms with E-state index in [-0.39, 0.29) is 23.4 Å². The Labute approximate surface area is 363 Å². The first-order valence-electron chi connectivity index (χ1n) is 22.7. The molecular formula is C46H65NO15. The molecule has 3 saturated carbocycles. The molecule has 8 rings (SSSR count). The smallest absolute Gasteiger partial charge is 0.417 e. The number of ether oxygens (including phenoxy) is 9. The molecule has 16 heteroatoms. The first kappa shape index (κ1) is 45.0. The summed E-state index contributed by atoms with van der Waals surface area (Å²) in [6, 6.07) is -1.27. The van der Waals surface area contributed by atoms with Gasteiger partial charge in [-0.05, 0) is 91.8 Å². The summed E-state index contributed by atoms with van der Waals surface area (Å²) in [5, 5.41) is 0. The van der Waals surface area contributed by atoms with Crippen molar-refractivity contribution in [3.8, 4) is 0 Å². The minimum atomic E-state index is -2.22. The molecule has 4 aliphatic heterocycles. The van der Waals surface area contributed by atoms with E-state index in [1.165, 1.54) is 12.7 Å². The first-order valence-corrected chi connectivity index (χ1v) is 22.7. The highest BCUT2D eigenvalue weighted by molar-refractivity contribution is 5.93. The van der Waals surface area contributed by atoms with Crippen LogP contribution in [0.25, 0.3) is 0 Å². The molecule has 1 spiro atoms. The molecule has 7 fully saturated rings. The molecule has 16 nitrogen and oxygen atoms in total.